The molecule has 1 amide bonds. The molecule has 1 atom stereocenters. The Balaban J connectivity index is 2.28. The lowest BCUT2D eigenvalue weighted by Crippen LogP contribution is -2.34. The van der Waals surface area contributed by atoms with Gasteiger partial charge in [0.1, 0.15) is 0 Å². The zero-order valence-corrected chi connectivity index (χ0v) is 14.2. The Morgan fingerprint density at radius 1 is 1.26 bits per heavy atom. The highest BCUT2D eigenvalue weighted by Gasteiger charge is 2.21. The van der Waals surface area contributed by atoms with Gasteiger partial charge >= 0.3 is 5.97 Å². The van der Waals surface area contributed by atoms with E-state index in [-0.39, 0.29) is 17.8 Å². The van der Waals surface area contributed by atoms with Gasteiger partial charge in [-0.15, -0.1) is 0 Å². The van der Waals surface area contributed by atoms with Gasteiger partial charge in [0.15, 0.2) is 0 Å². The Bertz CT molecular complexity index is 755. The van der Waals surface area contributed by atoms with E-state index >= 15 is 0 Å². The molecule has 0 N–H and O–H groups in total. The molecular formula is C18H22N2O3. The molecule has 1 unspecified atom stereocenters. The summed E-state index contributed by atoms with van der Waals surface area (Å²) < 4.78 is 4.70. The fraction of sp³-hybridized carbons (Fsp3) is 0.389. The molecule has 23 heavy (non-hydrogen) atoms. The normalized spacial score (nSPS) is 12.0. The van der Waals surface area contributed by atoms with Crippen LogP contribution in [0.4, 0.5) is 0 Å². The molecule has 0 spiro atoms. The topological polar surface area (TPSA) is 59.5 Å². The van der Waals surface area contributed by atoms with Crippen molar-refractivity contribution in [3.63, 3.8) is 0 Å². The predicted octanol–water partition coefficient (Wildman–Crippen LogP) is 2.73. The smallest absolute Gasteiger partial charge is 0.310 e. The van der Waals surface area contributed by atoms with Crippen LogP contribution < -0.4 is 0 Å². The number of carbonyl (C=O) groups excluding carboxylic acids is 2. The highest BCUT2D eigenvalue weighted by molar-refractivity contribution is 5.98. The van der Waals surface area contributed by atoms with Gasteiger partial charge in [-0.1, -0.05) is 19.1 Å². The second kappa shape index (κ2) is 6.77. The van der Waals surface area contributed by atoms with Gasteiger partial charge in [-0.05, 0) is 31.5 Å². The lowest BCUT2D eigenvalue weighted by atomic mass is 10.1. The standard InChI is InChI=1S/C18H22N2O3/c1-11-6-7-14-9-15(13(3)19-16(14)8-11)17(21)20(4)10-12(2)18(22)23-5/h6-9,12H,10H2,1-5H3. The number of aryl methyl sites for hydroxylation is 2. The maximum absolute atomic E-state index is 12.7. The van der Waals surface area contributed by atoms with Gasteiger partial charge in [-0.25, -0.2) is 0 Å². The van der Waals surface area contributed by atoms with E-state index < -0.39 is 0 Å². The number of methoxy groups -OCH3 is 1. The quantitative estimate of drug-likeness (QED) is 0.814. The van der Waals surface area contributed by atoms with Gasteiger partial charge in [-0.3, -0.25) is 14.6 Å². The van der Waals surface area contributed by atoms with E-state index in [1.54, 1.807) is 14.0 Å². The molecule has 0 saturated heterocycles. The second-order valence-electron chi connectivity index (χ2n) is 5.93. The molecule has 5 heteroatoms. The van der Waals surface area contributed by atoms with Crippen LogP contribution in [0.3, 0.4) is 0 Å². The van der Waals surface area contributed by atoms with Crippen LogP contribution in [0.25, 0.3) is 10.9 Å². The van der Waals surface area contributed by atoms with E-state index in [2.05, 4.69) is 4.98 Å². The first-order valence-corrected chi connectivity index (χ1v) is 7.54. The number of hydrogen-bond acceptors (Lipinski definition) is 4. The number of ether oxygens (including phenoxy) is 1. The van der Waals surface area contributed by atoms with Gasteiger partial charge in [0.25, 0.3) is 5.91 Å². The van der Waals surface area contributed by atoms with Gasteiger partial charge in [-0.2, -0.15) is 0 Å². The summed E-state index contributed by atoms with van der Waals surface area (Å²) in [5.41, 5.74) is 3.25. The van der Waals surface area contributed by atoms with Crippen LogP contribution in [0.5, 0.6) is 0 Å². The van der Waals surface area contributed by atoms with Gasteiger partial charge < -0.3 is 9.64 Å². The van der Waals surface area contributed by atoms with Crippen LogP contribution in [0, 0.1) is 19.8 Å². The Labute approximate surface area is 136 Å². The Morgan fingerprint density at radius 2 is 1.96 bits per heavy atom. The predicted molar refractivity (Wildman–Crippen MR) is 89.4 cm³/mol. The molecule has 1 aromatic carbocycles. The molecule has 0 aliphatic rings. The van der Waals surface area contributed by atoms with Crippen molar-refractivity contribution in [2.45, 2.75) is 20.8 Å². The van der Waals surface area contributed by atoms with Crippen molar-refractivity contribution in [2.24, 2.45) is 5.92 Å². The highest BCUT2D eigenvalue weighted by atomic mass is 16.5. The highest BCUT2D eigenvalue weighted by Crippen LogP contribution is 2.19. The third kappa shape index (κ3) is 3.67. The average Bonchev–Trinajstić information content (AvgIpc) is 2.52. The minimum atomic E-state index is -0.370. The Morgan fingerprint density at radius 3 is 2.61 bits per heavy atom. The van der Waals surface area contributed by atoms with Crippen molar-refractivity contribution in [1.29, 1.82) is 0 Å². The SMILES string of the molecule is COC(=O)C(C)CN(C)C(=O)c1cc2ccc(C)cc2nc1C. The number of nitrogens with zero attached hydrogens (tertiary/aromatic N) is 2. The molecule has 5 nitrogen and oxygen atoms in total. The van der Waals surface area contributed by atoms with Crippen LogP contribution in [-0.2, 0) is 9.53 Å². The van der Waals surface area contributed by atoms with Gasteiger partial charge in [0.05, 0.1) is 29.8 Å². The fourth-order valence-corrected chi connectivity index (χ4v) is 2.56. The van der Waals surface area contributed by atoms with Crippen LogP contribution in [0.1, 0.15) is 28.5 Å². The van der Waals surface area contributed by atoms with E-state index in [4.69, 9.17) is 4.74 Å². The maximum Gasteiger partial charge on any atom is 0.310 e. The van der Waals surface area contributed by atoms with Crippen LogP contribution in [-0.4, -0.2) is 42.5 Å². The molecule has 2 rings (SSSR count). The van der Waals surface area contributed by atoms with E-state index in [1.807, 2.05) is 38.1 Å². The summed E-state index contributed by atoms with van der Waals surface area (Å²) >= 11 is 0. The molecule has 2 aromatic rings. The third-order valence-electron chi connectivity index (χ3n) is 3.89. The number of benzene rings is 1. The second-order valence-corrected chi connectivity index (χ2v) is 5.93. The van der Waals surface area contributed by atoms with Crippen molar-refractivity contribution < 1.29 is 14.3 Å². The zero-order chi connectivity index (χ0) is 17.1. The van der Waals surface area contributed by atoms with Crippen molar-refractivity contribution in [3.05, 3.63) is 41.1 Å². The number of pyridine rings is 1. The molecule has 0 bridgehead atoms. The Hall–Kier alpha value is -2.43. The minimum Gasteiger partial charge on any atom is -0.469 e. The number of amides is 1. The summed E-state index contributed by atoms with van der Waals surface area (Å²) in [6.07, 6.45) is 0. The molecule has 0 radical (unpaired) electrons. The number of carbonyl (C=O) groups is 2. The first-order valence-electron chi connectivity index (χ1n) is 7.54. The van der Waals surface area contributed by atoms with Gasteiger partial charge in [0, 0.05) is 19.0 Å². The number of hydrogen-bond donors (Lipinski definition) is 0. The lowest BCUT2D eigenvalue weighted by Gasteiger charge is -2.21. The summed E-state index contributed by atoms with van der Waals surface area (Å²) in [6.45, 7) is 5.88. The number of fused-ring (bicyclic) bond motifs is 1. The zero-order valence-electron chi connectivity index (χ0n) is 14.2. The fourth-order valence-electron chi connectivity index (χ4n) is 2.56. The van der Waals surface area contributed by atoms with Crippen LogP contribution in [0.2, 0.25) is 0 Å². The molecule has 0 aliphatic heterocycles. The van der Waals surface area contributed by atoms with Crippen molar-refractivity contribution in [3.8, 4) is 0 Å². The molecule has 1 heterocycles. The summed E-state index contributed by atoms with van der Waals surface area (Å²) in [5, 5.41) is 0.930. The first-order chi connectivity index (χ1) is 10.8. The molecule has 0 fully saturated rings. The first kappa shape index (κ1) is 16.9. The minimum absolute atomic E-state index is 0.145. The van der Waals surface area contributed by atoms with Crippen molar-refractivity contribution in [1.82, 2.24) is 9.88 Å². The lowest BCUT2D eigenvalue weighted by molar-refractivity contribution is -0.145. The molecule has 0 aliphatic carbocycles. The monoisotopic (exact) mass is 314 g/mol. The van der Waals surface area contributed by atoms with E-state index in [1.165, 1.54) is 12.0 Å². The molecular weight excluding hydrogens is 292 g/mol. The largest absolute Gasteiger partial charge is 0.469 e. The van der Waals surface area contributed by atoms with Crippen molar-refractivity contribution in [2.75, 3.05) is 20.7 Å². The molecule has 1 aromatic heterocycles. The summed E-state index contributed by atoms with van der Waals surface area (Å²) in [6, 6.07) is 7.82. The van der Waals surface area contributed by atoms with Gasteiger partial charge in [0.2, 0.25) is 0 Å². The third-order valence-corrected chi connectivity index (χ3v) is 3.89. The van der Waals surface area contributed by atoms with Crippen LogP contribution in [0.15, 0.2) is 24.3 Å². The molecule has 0 saturated carbocycles. The van der Waals surface area contributed by atoms with E-state index in [0.717, 1.165) is 16.5 Å². The average molecular weight is 314 g/mol. The summed E-state index contributed by atoms with van der Waals surface area (Å²) in [4.78, 5) is 30.2. The maximum atomic E-state index is 12.7. The van der Waals surface area contributed by atoms with E-state index in [0.29, 0.717) is 17.8 Å². The number of rotatable bonds is 4. The summed E-state index contributed by atoms with van der Waals surface area (Å²) in [7, 11) is 3.03. The Kier molecular flexibility index (Phi) is 4.98. The number of aromatic nitrogens is 1. The summed E-state index contributed by atoms with van der Waals surface area (Å²) in [5.74, 6) is -0.841. The van der Waals surface area contributed by atoms with Crippen LogP contribution >= 0.6 is 0 Å². The van der Waals surface area contributed by atoms with E-state index in [9.17, 15) is 9.59 Å². The van der Waals surface area contributed by atoms with Crippen molar-refractivity contribution >= 4 is 22.8 Å². The number of esters is 1. The molecule has 122 valence electrons.